The van der Waals surface area contributed by atoms with Crippen LogP contribution in [-0.2, 0) is 9.59 Å². The van der Waals surface area contributed by atoms with Crippen molar-refractivity contribution in [2.45, 2.75) is 31.9 Å². The molecule has 0 bridgehead atoms. The van der Waals surface area contributed by atoms with Gasteiger partial charge < -0.3 is 10.6 Å². The van der Waals surface area contributed by atoms with Gasteiger partial charge in [0.2, 0.25) is 11.8 Å². The van der Waals surface area contributed by atoms with Crippen LogP contribution in [0.5, 0.6) is 0 Å². The fourth-order valence-corrected chi connectivity index (χ4v) is 3.17. The molecule has 1 heterocycles. The Kier molecular flexibility index (Phi) is 6.62. The van der Waals surface area contributed by atoms with E-state index in [1.165, 1.54) is 30.0 Å². The molecule has 5 nitrogen and oxygen atoms in total. The highest BCUT2D eigenvalue weighted by Gasteiger charge is 2.32. The van der Waals surface area contributed by atoms with E-state index in [1.807, 2.05) is 0 Å². The first-order valence-corrected chi connectivity index (χ1v) is 8.89. The Morgan fingerprint density at radius 2 is 2.25 bits per heavy atom. The van der Waals surface area contributed by atoms with E-state index < -0.39 is 11.1 Å². The summed E-state index contributed by atoms with van der Waals surface area (Å²) >= 11 is 6.89. The van der Waals surface area contributed by atoms with Gasteiger partial charge in [0.05, 0.1) is 10.7 Å². The van der Waals surface area contributed by atoms with Crippen LogP contribution in [0.1, 0.15) is 26.7 Å². The van der Waals surface area contributed by atoms with E-state index in [4.69, 9.17) is 11.6 Å². The number of aliphatic imine (C=N–C) groups is 1. The smallest absolute Gasteiger partial charge is 0.240 e. The molecule has 1 saturated heterocycles. The summed E-state index contributed by atoms with van der Waals surface area (Å²) in [7, 11) is 0. The Labute approximate surface area is 149 Å². The van der Waals surface area contributed by atoms with Crippen LogP contribution < -0.4 is 10.6 Å². The Morgan fingerprint density at radius 3 is 2.92 bits per heavy atom. The summed E-state index contributed by atoms with van der Waals surface area (Å²) < 4.78 is 13.1. The number of carbonyl (C=O) groups excluding carboxylic acids is 2. The van der Waals surface area contributed by atoms with Gasteiger partial charge in [-0.2, -0.15) is 0 Å². The molecule has 1 aliphatic rings. The van der Waals surface area contributed by atoms with Gasteiger partial charge >= 0.3 is 0 Å². The number of nitrogens with zero attached hydrogens (tertiary/aromatic N) is 1. The zero-order valence-electron chi connectivity index (χ0n) is 13.4. The molecular formula is C16H19ClFN3O2S. The van der Waals surface area contributed by atoms with Gasteiger partial charge in [-0.05, 0) is 30.5 Å². The second-order valence-electron chi connectivity index (χ2n) is 5.85. The zero-order valence-corrected chi connectivity index (χ0v) is 15.0. The molecule has 2 rings (SSSR count). The molecule has 1 fully saturated rings. The highest BCUT2D eigenvalue weighted by Crippen LogP contribution is 2.27. The van der Waals surface area contributed by atoms with Gasteiger partial charge in [-0.1, -0.05) is 37.2 Å². The number of amides is 2. The summed E-state index contributed by atoms with van der Waals surface area (Å²) in [4.78, 5) is 28.0. The van der Waals surface area contributed by atoms with Gasteiger partial charge in [-0.15, -0.1) is 0 Å². The van der Waals surface area contributed by atoms with Crippen LogP contribution >= 0.6 is 23.4 Å². The molecule has 2 amide bonds. The van der Waals surface area contributed by atoms with E-state index in [2.05, 4.69) is 29.5 Å². The van der Waals surface area contributed by atoms with Crippen molar-refractivity contribution in [2.24, 2.45) is 10.9 Å². The molecule has 24 heavy (non-hydrogen) atoms. The SMILES string of the molecule is CC(C)CCNC(=O)C[C@@H]1SC(=Nc2ccc(F)c(Cl)c2)NC1=O. The fraction of sp³-hybridized carbons (Fsp3) is 0.438. The van der Waals surface area contributed by atoms with E-state index in [1.54, 1.807) is 0 Å². The molecule has 1 aliphatic heterocycles. The molecule has 1 atom stereocenters. The van der Waals surface area contributed by atoms with Crippen LogP contribution in [0.4, 0.5) is 10.1 Å². The van der Waals surface area contributed by atoms with E-state index in [0.717, 1.165) is 6.42 Å². The molecule has 0 aliphatic carbocycles. The summed E-state index contributed by atoms with van der Waals surface area (Å²) in [6.45, 7) is 4.76. The molecule has 0 radical (unpaired) electrons. The molecular weight excluding hydrogens is 353 g/mol. The first-order valence-electron chi connectivity index (χ1n) is 7.63. The first kappa shape index (κ1) is 18.7. The van der Waals surface area contributed by atoms with Crippen molar-refractivity contribution in [3.63, 3.8) is 0 Å². The average Bonchev–Trinajstić information content (AvgIpc) is 2.82. The Balaban J connectivity index is 1.91. The predicted molar refractivity (Wildman–Crippen MR) is 95.1 cm³/mol. The van der Waals surface area contributed by atoms with Crippen molar-refractivity contribution in [1.82, 2.24) is 10.6 Å². The van der Waals surface area contributed by atoms with Gasteiger partial charge in [0.1, 0.15) is 11.1 Å². The van der Waals surface area contributed by atoms with Crippen LogP contribution in [0.2, 0.25) is 5.02 Å². The largest absolute Gasteiger partial charge is 0.356 e. The summed E-state index contributed by atoms with van der Waals surface area (Å²) in [5, 5.41) is 5.26. The summed E-state index contributed by atoms with van der Waals surface area (Å²) in [6.07, 6.45) is 0.992. The van der Waals surface area contributed by atoms with Crippen molar-refractivity contribution in [2.75, 3.05) is 6.54 Å². The monoisotopic (exact) mass is 371 g/mol. The third-order valence-electron chi connectivity index (χ3n) is 3.32. The highest BCUT2D eigenvalue weighted by atomic mass is 35.5. The van der Waals surface area contributed by atoms with Crippen molar-refractivity contribution in [1.29, 1.82) is 0 Å². The van der Waals surface area contributed by atoms with E-state index >= 15 is 0 Å². The third kappa shape index (κ3) is 5.49. The topological polar surface area (TPSA) is 70.6 Å². The maximum Gasteiger partial charge on any atom is 0.240 e. The van der Waals surface area contributed by atoms with Crippen LogP contribution in [-0.4, -0.2) is 28.8 Å². The summed E-state index contributed by atoms with van der Waals surface area (Å²) in [6, 6.07) is 4.05. The lowest BCUT2D eigenvalue weighted by Gasteiger charge is -2.08. The number of hydrogen-bond acceptors (Lipinski definition) is 4. The zero-order chi connectivity index (χ0) is 17.7. The second-order valence-corrected chi connectivity index (χ2v) is 7.45. The fourth-order valence-electron chi connectivity index (χ4n) is 2.00. The Morgan fingerprint density at radius 1 is 1.50 bits per heavy atom. The highest BCUT2D eigenvalue weighted by molar-refractivity contribution is 8.15. The van der Waals surface area contributed by atoms with Crippen molar-refractivity contribution in [3.05, 3.63) is 29.0 Å². The molecule has 2 N–H and O–H groups in total. The minimum absolute atomic E-state index is 0.0350. The molecule has 1 aromatic carbocycles. The number of thioether (sulfide) groups is 1. The number of hydrogen-bond donors (Lipinski definition) is 2. The number of carbonyl (C=O) groups is 2. The van der Waals surface area contributed by atoms with Crippen LogP contribution in [0, 0.1) is 11.7 Å². The quantitative estimate of drug-likeness (QED) is 0.806. The minimum Gasteiger partial charge on any atom is -0.356 e. The van der Waals surface area contributed by atoms with Crippen LogP contribution in [0.25, 0.3) is 0 Å². The molecule has 0 unspecified atom stereocenters. The minimum atomic E-state index is -0.528. The van der Waals surface area contributed by atoms with E-state index in [-0.39, 0.29) is 23.3 Å². The molecule has 130 valence electrons. The predicted octanol–water partition coefficient (Wildman–Crippen LogP) is 3.25. The van der Waals surface area contributed by atoms with Gasteiger partial charge in [0, 0.05) is 13.0 Å². The molecule has 0 aromatic heterocycles. The normalized spacial score (nSPS) is 19.0. The average molecular weight is 372 g/mol. The molecule has 1 aromatic rings. The molecule has 8 heteroatoms. The Bertz CT molecular complexity index is 667. The molecule has 0 spiro atoms. The van der Waals surface area contributed by atoms with Crippen molar-refractivity contribution >= 4 is 46.0 Å². The van der Waals surface area contributed by atoms with E-state index in [0.29, 0.717) is 23.3 Å². The van der Waals surface area contributed by atoms with Crippen LogP contribution in [0.15, 0.2) is 23.2 Å². The first-order chi connectivity index (χ1) is 11.3. The maximum atomic E-state index is 13.1. The van der Waals surface area contributed by atoms with Crippen molar-refractivity contribution in [3.8, 4) is 0 Å². The van der Waals surface area contributed by atoms with Gasteiger partial charge in [0.15, 0.2) is 5.17 Å². The number of amidine groups is 1. The standard InChI is InChI=1S/C16H19ClFN3O2S/c1-9(2)5-6-19-14(22)8-13-15(23)21-16(24-13)20-10-3-4-12(18)11(17)7-10/h3-4,7,9,13H,5-6,8H2,1-2H3,(H,19,22)(H,20,21,23)/t13-/m0/s1. The number of nitrogens with one attached hydrogen (secondary N) is 2. The number of rotatable bonds is 6. The van der Waals surface area contributed by atoms with E-state index in [9.17, 15) is 14.0 Å². The van der Waals surface area contributed by atoms with Crippen molar-refractivity contribution < 1.29 is 14.0 Å². The number of benzene rings is 1. The van der Waals surface area contributed by atoms with Gasteiger partial charge in [-0.25, -0.2) is 9.38 Å². The lowest BCUT2D eigenvalue weighted by atomic mass is 10.1. The Hall–Kier alpha value is -1.60. The lowest BCUT2D eigenvalue weighted by molar-refractivity contribution is -0.125. The van der Waals surface area contributed by atoms with Crippen LogP contribution in [0.3, 0.4) is 0 Å². The van der Waals surface area contributed by atoms with Gasteiger partial charge in [0.25, 0.3) is 0 Å². The number of halogens is 2. The second kappa shape index (κ2) is 8.48. The van der Waals surface area contributed by atoms with Gasteiger partial charge in [-0.3, -0.25) is 9.59 Å². The maximum absolute atomic E-state index is 13.1. The molecule has 0 saturated carbocycles. The lowest BCUT2D eigenvalue weighted by Crippen LogP contribution is -2.32. The third-order valence-corrected chi connectivity index (χ3v) is 4.70. The summed E-state index contributed by atoms with van der Waals surface area (Å²) in [5.74, 6) is -0.434. The summed E-state index contributed by atoms with van der Waals surface area (Å²) in [5.41, 5.74) is 0.436.